The quantitative estimate of drug-likeness (QED) is 0.789. The molecule has 0 saturated carbocycles. The lowest BCUT2D eigenvalue weighted by atomic mass is 9.72. The average Bonchev–Trinajstić information content (AvgIpc) is 2.76. The number of para-hydroxylation sites is 1. The number of carbonyl (C=O) groups excluding carboxylic acids is 1. The maximum Gasteiger partial charge on any atom is 0.321 e. The van der Waals surface area contributed by atoms with Gasteiger partial charge in [-0.1, -0.05) is 37.3 Å². The maximum atomic E-state index is 12.8. The first-order valence-corrected chi connectivity index (χ1v) is 10.3. The number of ether oxygens (including phenoxy) is 1. The second-order valence-corrected chi connectivity index (χ2v) is 7.77. The average molecular weight is 396 g/mol. The molecule has 2 aliphatic heterocycles. The number of benzene rings is 2. The molecule has 2 amide bonds. The molecule has 4 rings (SSSR count). The van der Waals surface area contributed by atoms with E-state index in [-0.39, 0.29) is 30.6 Å². The highest BCUT2D eigenvalue weighted by Crippen LogP contribution is 2.48. The molecule has 2 N–H and O–H groups in total. The Kier molecular flexibility index (Phi) is 5.74. The molecule has 2 heterocycles. The van der Waals surface area contributed by atoms with E-state index in [4.69, 9.17) is 4.74 Å². The van der Waals surface area contributed by atoms with Crippen LogP contribution < -0.4 is 15.0 Å². The van der Waals surface area contributed by atoms with Crippen molar-refractivity contribution < 1.29 is 14.6 Å². The van der Waals surface area contributed by atoms with Crippen molar-refractivity contribution in [3.05, 3.63) is 59.7 Å². The fraction of sp³-hybridized carbons (Fsp3) is 0.435. The van der Waals surface area contributed by atoms with E-state index in [1.165, 1.54) is 0 Å². The van der Waals surface area contributed by atoms with Gasteiger partial charge in [0.1, 0.15) is 5.75 Å². The van der Waals surface area contributed by atoms with E-state index in [2.05, 4.69) is 22.3 Å². The van der Waals surface area contributed by atoms with E-state index in [9.17, 15) is 9.90 Å². The van der Waals surface area contributed by atoms with Crippen LogP contribution in [-0.4, -0.2) is 54.9 Å². The molecule has 2 aromatic rings. The van der Waals surface area contributed by atoms with Gasteiger partial charge in [0, 0.05) is 43.3 Å². The second kappa shape index (κ2) is 8.43. The molecule has 1 saturated heterocycles. The Labute approximate surface area is 172 Å². The zero-order chi connectivity index (χ0) is 20.4. The molecule has 154 valence electrons. The summed E-state index contributed by atoms with van der Waals surface area (Å²) in [6.45, 7) is 4.15. The Hall–Kier alpha value is -2.57. The summed E-state index contributed by atoms with van der Waals surface area (Å²) in [4.78, 5) is 17.0. The predicted molar refractivity (Wildman–Crippen MR) is 113 cm³/mol. The first-order valence-electron chi connectivity index (χ1n) is 10.3. The molecular formula is C23H29N3O3. The zero-order valence-electron chi connectivity index (χ0n) is 17.0. The normalized spacial score (nSPS) is 23.0. The third-order valence-electron chi connectivity index (χ3n) is 6.10. The fourth-order valence-corrected chi connectivity index (χ4v) is 4.70. The third-order valence-corrected chi connectivity index (χ3v) is 6.10. The van der Waals surface area contributed by atoms with Gasteiger partial charge in [-0.3, -0.25) is 9.80 Å². The standard InChI is InChI=1S/C23H29N3O3/c1-3-11-24-23(28)26-14-20-22(18-9-4-5-10-19(18)26)21(15-27)25(20)13-16-7-6-8-17(12-16)29-2/h4-10,12,20-22,27H,3,11,13-15H2,1-2H3,(H,24,28)/t20-,21-,22+/m1/s1. The number of likely N-dealkylation sites (tertiary alicyclic amines) is 1. The first-order chi connectivity index (χ1) is 14.2. The van der Waals surface area contributed by atoms with E-state index in [0.29, 0.717) is 13.1 Å². The van der Waals surface area contributed by atoms with E-state index in [1.54, 1.807) is 7.11 Å². The highest BCUT2D eigenvalue weighted by Gasteiger charge is 2.53. The summed E-state index contributed by atoms with van der Waals surface area (Å²) < 4.78 is 5.35. The SMILES string of the molecule is CCCNC(=O)N1C[C@@H]2[C@H](c3ccccc31)[C@@H](CO)N2Cc1cccc(OC)c1. The Morgan fingerprint density at radius 3 is 2.83 bits per heavy atom. The number of fused-ring (bicyclic) bond motifs is 3. The number of methoxy groups -OCH3 is 1. The van der Waals surface area contributed by atoms with Crippen LogP contribution in [0.1, 0.15) is 30.4 Å². The molecule has 0 aromatic heterocycles. The van der Waals surface area contributed by atoms with Crippen LogP contribution in [0.5, 0.6) is 5.75 Å². The number of urea groups is 1. The van der Waals surface area contributed by atoms with Crippen LogP contribution in [0.3, 0.4) is 0 Å². The lowest BCUT2D eigenvalue weighted by Crippen LogP contribution is -2.69. The van der Waals surface area contributed by atoms with Gasteiger partial charge in [0.15, 0.2) is 0 Å². The van der Waals surface area contributed by atoms with Crippen molar-refractivity contribution in [3.63, 3.8) is 0 Å². The number of nitrogens with zero attached hydrogens (tertiary/aromatic N) is 2. The van der Waals surface area contributed by atoms with Gasteiger partial charge in [-0.15, -0.1) is 0 Å². The number of amides is 2. The van der Waals surface area contributed by atoms with Crippen molar-refractivity contribution in [2.75, 3.05) is 31.7 Å². The van der Waals surface area contributed by atoms with Crippen molar-refractivity contribution in [1.82, 2.24) is 10.2 Å². The summed E-state index contributed by atoms with van der Waals surface area (Å²) >= 11 is 0. The molecule has 2 aromatic carbocycles. The summed E-state index contributed by atoms with van der Waals surface area (Å²) in [6, 6.07) is 16.3. The number of rotatable bonds is 6. The van der Waals surface area contributed by atoms with Gasteiger partial charge in [0.05, 0.1) is 13.7 Å². The van der Waals surface area contributed by atoms with Crippen molar-refractivity contribution in [3.8, 4) is 5.75 Å². The van der Waals surface area contributed by atoms with Gasteiger partial charge in [-0.05, 0) is 35.7 Å². The summed E-state index contributed by atoms with van der Waals surface area (Å²) in [5.74, 6) is 1.06. The molecule has 0 aliphatic carbocycles. The number of hydrogen-bond acceptors (Lipinski definition) is 4. The largest absolute Gasteiger partial charge is 0.497 e. The molecule has 0 radical (unpaired) electrons. The predicted octanol–water partition coefficient (Wildman–Crippen LogP) is 2.96. The molecule has 0 spiro atoms. The minimum atomic E-state index is -0.0495. The van der Waals surface area contributed by atoms with E-state index in [1.807, 2.05) is 48.2 Å². The smallest absolute Gasteiger partial charge is 0.321 e. The lowest BCUT2D eigenvalue weighted by molar-refractivity contribution is -0.0485. The Bertz CT molecular complexity index is 872. The summed E-state index contributed by atoms with van der Waals surface area (Å²) in [7, 11) is 1.67. The molecular weight excluding hydrogens is 366 g/mol. The molecule has 0 bridgehead atoms. The summed E-state index contributed by atoms with van der Waals surface area (Å²) in [5.41, 5.74) is 3.25. The second-order valence-electron chi connectivity index (χ2n) is 7.77. The van der Waals surface area contributed by atoms with Gasteiger partial charge < -0.3 is 15.2 Å². The van der Waals surface area contributed by atoms with E-state index < -0.39 is 0 Å². The number of carbonyl (C=O) groups is 1. The maximum absolute atomic E-state index is 12.8. The Morgan fingerprint density at radius 1 is 1.24 bits per heavy atom. The topological polar surface area (TPSA) is 65.0 Å². The van der Waals surface area contributed by atoms with Crippen molar-refractivity contribution in [2.24, 2.45) is 0 Å². The van der Waals surface area contributed by atoms with Gasteiger partial charge in [-0.2, -0.15) is 0 Å². The summed E-state index contributed by atoms with van der Waals surface area (Å²) in [6.07, 6.45) is 0.905. The zero-order valence-corrected chi connectivity index (χ0v) is 17.0. The fourth-order valence-electron chi connectivity index (χ4n) is 4.70. The van der Waals surface area contributed by atoms with Crippen molar-refractivity contribution in [1.29, 1.82) is 0 Å². The monoisotopic (exact) mass is 395 g/mol. The number of anilines is 1. The van der Waals surface area contributed by atoms with Crippen LogP contribution in [0.4, 0.5) is 10.5 Å². The van der Waals surface area contributed by atoms with Gasteiger partial charge in [0.2, 0.25) is 0 Å². The third kappa shape index (κ3) is 3.58. The highest BCUT2D eigenvalue weighted by atomic mass is 16.5. The molecule has 1 fully saturated rings. The van der Waals surface area contributed by atoms with Crippen LogP contribution in [0.15, 0.2) is 48.5 Å². The minimum absolute atomic E-state index is 0.0493. The number of aliphatic hydroxyl groups is 1. The van der Waals surface area contributed by atoms with Gasteiger partial charge in [0.25, 0.3) is 0 Å². The van der Waals surface area contributed by atoms with Crippen LogP contribution >= 0.6 is 0 Å². The molecule has 0 unspecified atom stereocenters. The van der Waals surface area contributed by atoms with Gasteiger partial charge in [-0.25, -0.2) is 4.79 Å². The summed E-state index contributed by atoms with van der Waals surface area (Å²) in [5, 5.41) is 13.1. The Balaban J connectivity index is 1.61. The van der Waals surface area contributed by atoms with Crippen LogP contribution in [0.25, 0.3) is 0 Å². The number of aliphatic hydroxyl groups excluding tert-OH is 1. The highest BCUT2D eigenvalue weighted by molar-refractivity contribution is 5.94. The van der Waals surface area contributed by atoms with Crippen molar-refractivity contribution in [2.45, 2.75) is 37.9 Å². The lowest BCUT2D eigenvalue weighted by Gasteiger charge is -2.59. The van der Waals surface area contributed by atoms with E-state index in [0.717, 1.165) is 35.5 Å². The van der Waals surface area contributed by atoms with Crippen LogP contribution in [0, 0.1) is 0 Å². The first kappa shape index (κ1) is 19.7. The molecule has 29 heavy (non-hydrogen) atoms. The van der Waals surface area contributed by atoms with E-state index >= 15 is 0 Å². The molecule has 6 nitrogen and oxygen atoms in total. The number of hydrogen-bond donors (Lipinski definition) is 2. The molecule has 3 atom stereocenters. The molecule has 2 aliphatic rings. The van der Waals surface area contributed by atoms with Crippen molar-refractivity contribution >= 4 is 11.7 Å². The van der Waals surface area contributed by atoms with Crippen LogP contribution in [0.2, 0.25) is 0 Å². The van der Waals surface area contributed by atoms with Gasteiger partial charge >= 0.3 is 6.03 Å². The minimum Gasteiger partial charge on any atom is -0.497 e. The Morgan fingerprint density at radius 2 is 2.07 bits per heavy atom. The number of nitrogens with one attached hydrogen (secondary N) is 1. The van der Waals surface area contributed by atoms with Crippen LogP contribution in [-0.2, 0) is 6.54 Å². The molecule has 6 heteroatoms.